The van der Waals surface area contributed by atoms with Gasteiger partial charge in [-0.3, -0.25) is 9.69 Å². The van der Waals surface area contributed by atoms with E-state index in [2.05, 4.69) is 4.90 Å². The van der Waals surface area contributed by atoms with Crippen LogP contribution in [0.25, 0.3) is 0 Å². The zero-order chi connectivity index (χ0) is 17.9. The van der Waals surface area contributed by atoms with Crippen LogP contribution in [0.2, 0.25) is 5.02 Å². The highest BCUT2D eigenvalue weighted by atomic mass is 35.5. The Hall–Kier alpha value is -1.15. The molecule has 0 radical (unpaired) electrons. The van der Waals surface area contributed by atoms with Crippen molar-refractivity contribution >= 4 is 27.5 Å². The smallest absolute Gasteiger partial charge is 0.243 e. The van der Waals surface area contributed by atoms with E-state index in [9.17, 15) is 13.2 Å². The predicted octanol–water partition coefficient (Wildman–Crippen LogP) is 1.66. The number of nitrogens with zero attached hydrogens (tertiary/aromatic N) is 3. The van der Waals surface area contributed by atoms with Gasteiger partial charge in [-0.25, -0.2) is 8.42 Å². The third-order valence-electron chi connectivity index (χ3n) is 4.82. The first-order valence-electron chi connectivity index (χ1n) is 8.73. The third kappa shape index (κ3) is 4.53. The van der Waals surface area contributed by atoms with Crippen molar-refractivity contribution in [2.45, 2.75) is 24.2 Å². The Morgan fingerprint density at radius 3 is 2.28 bits per heavy atom. The average Bonchev–Trinajstić information content (AvgIpc) is 3.02. The largest absolute Gasteiger partial charge is 0.342 e. The summed E-state index contributed by atoms with van der Waals surface area (Å²) in [5, 5.41) is 0.515. The lowest BCUT2D eigenvalue weighted by Gasteiger charge is -2.23. The number of carbonyl (C=O) groups excluding carboxylic acids is 1. The fraction of sp³-hybridized carbons (Fsp3) is 0.588. The van der Waals surface area contributed by atoms with Crippen LogP contribution in [0, 0.1) is 0 Å². The Labute approximate surface area is 154 Å². The summed E-state index contributed by atoms with van der Waals surface area (Å²) in [6.07, 6.45) is 2.89. The Balaban J connectivity index is 1.60. The van der Waals surface area contributed by atoms with Gasteiger partial charge in [-0.05, 0) is 50.1 Å². The van der Waals surface area contributed by atoms with E-state index in [0.29, 0.717) is 31.2 Å². The molecule has 3 rings (SSSR count). The minimum Gasteiger partial charge on any atom is -0.342 e. The van der Waals surface area contributed by atoms with Crippen LogP contribution in [0.4, 0.5) is 0 Å². The molecule has 2 saturated heterocycles. The average molecular weight is 386 g/mol. The van der Waals surface area contributed by atoms with Gasteiger partial charge in [-0.15, -0.1) is 0 Å². The molecule has 0 saturated carbocycles. The van der Waals surface area contributed by atoms with Gasteiger partial charge in [0, 0.05) is 37.7 Å². The molecule has 0 bridgehead atoms. The van der Waals surface area contributed by atoms with Crippen molar-refractivity contribution in [1.82, 2.24) is 14.1 Å². The van der Waals surface area contributed by atoms with Gasteiger partial charge in [0.1, 0.15) is 0 Å². The number of benzene rings is 1. The molecule has 1 aromatic rings. The van der Waals surface area contributed by atoms with Gasteiger partial charge in [0.15, 0.2) is 0 Å². The van der Waals surface area contributed by atoms with Crippen molar-refractivity contribution in [3.63, 3.8) is 0 Å². The maximum atomic E-state index is 12.8. The van der Waals surface area contributed by atoms with E-state index >= 15 is 0 Å². The molecule has 1 amide bonds. The fourth-order valence-corrected chi connectivity index (χ4v) is 4.95. The van der Waals surface area contributed by atoms with Gasteiger partial charge in [-0.1, -0.05) is 11.6 Å². The number of hydrogen-bond donors (Lipinski definition) is 0. The lowest BCUT2D eigenvalue weighted by atomic mass is 10.3. The topological polar surface area (TPSA) is 60.9 Å². The molecule has 0 N–H and O–H groups in total. The number of hydrogen-bond acceptors (Lipinski definition) is 4. The summed E-state index contributed by atoms with van der Waals surface area (Å²) in [6.45, 7) is 4.28. The van der Waals surface area contributed by atoms with Gasteiger partial charge in [0.05, 0.1) is 11.4 Å². The van der Waals surface area contributed by atoms with E-state index < -0.39 is 10.0 Å². The molecule has 0 unspecified atom stereocenters. The minimum absolute atomic E-state index is 0.159. The van der Waals surface area contributed by atoms with Crippen molar-refractivity contribution < 1.29 is 13.2 Å². The van der Waals surface area contributed by atoms with Gasteiger partial charge < -0.3 is 4.90 Å². The molecule has 2 heterocycles. The van der Waals surface area contributed by atoms with Gasteiger partial charge in [0.25, 0.3) is 0 Å². The minimum atomic E-state index is -3.52. The molecular weight excluding hydrogens is 362 g/mol. The van der Waals surface area contributed by atoms with Crippen molar-refractivity contribution in [2.24, 2.45) is 0 Å². The van der Waals surface area contributed by atoms with Gasteiger partial charge in [-0.2, -0.15) is 4.31 Å². The normalized spacial score (nSPS) is 20.6. The molecule has 0 aliphatic carbocycles. The van der Waals surface area contributed by atoms with E-state index in [1.54, 1.807) is 12.1 Å². The first kappa shape index (κ1) is 18.6. The molecule has 0 spiro atoms. The van der Waals surface area contributed by atoms with Crippen molar-refractivity contribution in [3.05, 3.63) is 29.3 Å². The molecule has 2 fully saturated rings. The maximum Gasteiger partial charge on any atom is 0.243 e. The molecule has 2 aliphatic heterocycles. The fourth-order valence-electron chi connectivity index (χ4n) is 3.36. The number of halogens is 1. The van der Waals surface area contributed by atoms with Crippen LogP contribution in [0.15, 0.2) is 29.2 Å². The Bertz CT molecular complexity index is 702. The molecule has 0 aromatic heterocycles. The van der Waals surface area contributed by atoms with Crippen molar-refractivity contribution in [3.8, 4) is 0 Å². The number of carbonyl (C=O) groups is 1. The zero-order valence-electron chi connectivity index (χ0n) is 14.2. The lowest BCUT2D eigenvalue weighted by molar-refractivity contribution is -0.131. The zero-order valence-corrected chi connectivity index (χ0v) is 15.8. The second-order valence-corrected chi connectivity index (χ2v) is 8.95. The molecule has 138 valence electrons. The summed E-state index contributed by atoms with van der Waals surface area (Å²) in [7, 11) is -3.52. The second kappa shape index (κ2) is 8.03. The summed E-state index contributed by atoms with van der Waals surface area (Å²) in [5.41, 5.74) is 0. The Morgan fingerprint density at radius 1 is 0.920 bits per heavy atom. The van der Waals surface area contributed by atoms with Crippen LogP contribution in [0.5, 0.6) is 0 Å². The van der Waals surface area contributed by atoms with Crippen molar-refractivity contribution in [2.75, 3.05) is 45.8 Å². The van der Waals surface area contributed by atoms with E-state index in [0.717, 1.165) is 38.9 Å². The SMILES string of the molecule is O=C(CN1CCCN(S(=O)(=O)c2ccc(Cl)cc2)CC1)N1CCCC1. The standard InChI is InChI=1S/C17H24ClN3O3S/c18-15-4-6-16(7-5-15)25(23,24)21-11-3-8-19(12-13-21)14-17(22)20-9-1-2-10-20/h4-7H,1-3,8-14H2. The Kier molecular flexibility index (Phi) is 5.99. The molecule has 2 aliphatic rings. The summed E-state index contributed by atoms with van der Waals surface area (Å²) in [5.74, 6) is 0.159. The first-order valence-corrected chi connectivity index (χ1v) is 10.5. The number of likely N-dealkylation sites (tertiary alicyclic amines) is 1. The number of rotatable bonds is 4. The molecule has 0 atom stereocenters. The molecular formula is C17H24ClN3O3S. The number of amides is 1. The van der Waals surface area contributed by atoms with Crippen LogP contribution in [-0.4, -0.2) is 74.2 Å². The summed E-state index contributed by atoms with van der Waals surface area (Å²) in [6, 6.07) is 6.26. The van der Waals surface area contributed by atoms with Crippen LogP contribution < -0.4 is 0 Å². The molecule has 25 heavy (non-hydrogen) atoms. The molecule has 1 aromatic carbocycles. The van der Waals surface area contributed by atoms with Crippen LogP contribution in [-0.2, 0) is 14.8 Å². The maximum absolute atomic E-state index is 12.8. The van der Waals surface area contributed by atoms with E-state index in [-0.39, 0.29) is 10.8 Å². The highest BCUT2D eigenvalue weighted by Crippen LogP contribution is 2.20. The summed E-state index contributed by atoms with van der Waals surface area (Å²) >= 11 is 5.84. The monoisotopic (exact) mass is 385 g/mol. The van der Waals surface area contributed by atoms with Crippen LogP contribution >= 0.6 is 11.6 Å². The third-order valence-corrected chi connectivity index (χ3v) is 6.98. The van der Waals surface area contributed by atoms with E-state index in [4.69, 9.17) is 11.6 Å². The summed E-state index contributed by atoms with van der Waals surface area (Å²) in [4.78, 5) is 16.5. The predicted molar refractivity (Wildman–Crippen MR) is 97.1 cm³/mol. The summed E-state index contributed by atoms with van der Waals surface area (Å²) < 4.78 is 27.1. The second-order valence-electron chi connectivity index (χ2n) is 6.58. The van der Waals surface area contributed by atoms with Crippen LogP contribution in [0.3, 0.4) is 0 Å². The highest BCUT2D eigenvalue weighted by Gasteiger charge is 2.28. The molecule has 8 heteroatoms. The van der Waals surface area contributed by atoms with Crippen LogP contribution in [0.1, 0.15) is 19.3 Å². The van der Waals surface area contributed by atoms with Crippen molar-refractivity contribution in [1.29, 1.82) is 0 Å². The van der Waals surface area contributed by atoms with Gasteiger partial charge in [0.2, 0.25) is 15.9 Å². The number of sulfonamides is 1. The first-order chi connectivity index (χ1) is 12.0. The van der Waals surface area contributed by atoms with E-state index in [1.165, 1.54) is 16.4 Å². The lowest BCUT2D eigenvalue weighted by Crippen LogP contribution is -2.41. The Morgan fingerprint density at radius 2 is 1.60 bits per heavy atom. The molecule has 6 nitrogen and oxygen atoms in total. The van der Waals surface area contributed by atoms with Gasteiger partial charge >= 0.3 is 0 Å². The van der Waals surface area contributed by atoms with E-state index in [1.807, 2.05) is 4.90 Å². The quantitative estimate of drug-likeness (QED) is 0.790. The highest BCUT2D eigenvalue weighted by molar-refractivity contribution is 7.89.